The number of nitrogens with one attached hydrogen (secondary N) is 4. The Bertz CT molecular complexity index is 1790. The number of nitrogens with zero attached hydrogens (tertiary/aromatic N) is 3. The van der Waals surface area contributed by atoms with Crippen LogP contribution in [0.2, 0.25) is 0 Å². The Morgan fingerprint density at radius 3 is 1.96 bits per heavy atom. The molecule has 0 saturated carbocycles. The minimum absolute atomic E-state index is 0.0608. The summed E-state index contributed by atoms with van der Waals surface area (Å²) in [6, 6.07) is 14.0. The monoisotopic (exact) mass is 731 g/mol. The largest absolute Gasteiger partial charge is 0.453 e. The van der Waals surface area contributed by atoms with E-state index in [0.29, 0.717) is 24.5 Å². The first kappa shape index (κ1) is 38.8. The third-order valence-electron chi connectivity index (χ3n) is 9.89. The Balaban J connectivity index is 1.19. The molecule has 4 N–H and O–H groups in total. The molecule has 1 unspecified atom stereocenters. The van der Waals surface area contributed by atoms with Crippen LogP contribution in [0.5, 0.6) is 0 Å². The maximum absolute atomic E-state index is 13.6. The smallest absolute Gasteiger partial charge is 0.407 e. The number of likely N-dealkylation sites (tertiary alicyclic amines) is 1. The van der Waals surface area contributed by atoms with Gasteiger partial charge in [0, 0.05) is 18.8 Å². The fourth-order valence-electron chi connectivity index (χ4n) is 6.57. The van der Waals surface area contributed by atoms with E-state index in [1.807, 2.05) is 83.1 Å². The molecule has 5 amide bonds. The summed E-state index contributed by atoms with van der Waals surface area (Å²) >= 11 is 0. The van der Waals surface area contributed by atoms with Crippen LogP contribution in [0.25, 0.3) is 22.4 Å². The van der Waals surface area contributed by atoms with Crippen molar-refractivity contribution in [2.24, 2.45) is 17.8 Å². The molecule has 284 valence electrons. The number of imidazole rings is 1. The van der Waals surface area contributed by atoms with Gasteiger partial charge in [-0.2, -0.15) is 0 Å². The number of aromatic nitrogens is 2. The number of ether oxygens (including phenoxy) is 3. The van der Waals surface area contributed by atoms with Gasteiger partial charge >= 0.3 is 12.2 Å². The predicted molar refractivity (Wildman–Crippen MR) is 196 cm³/mol. The van der Waals surface area contributed by atoms with Crippen molar-refractivity contribution in [3.63, 3.8) is 0 Å². The van der Waals surface area contributed by atoms with Crippen LogP contribution in [0.4, 0.5) is 15.3 Å². The zero-order valence-corrected chi connectivity index (χ0v) is 31.2. The Hall–Kier alpha value is -5.44. The Morgan fingerprint density at radius 1 is 0.849 bits per heavy atom. The van der Waals surface area contributed by atoms with Crippen LogP contribution < -0.4 is 16.0 Å². The van der Waals surface area contributed by atoms with Gasteiger partial charge < -0.3 is 44.9 Å². The Morgan fingerprint density at radius 2 is 1.40 bits per heavy atom. The summed E-state index contributed by atoms with van der Waals surface area (Å²) in [4.78, 5) is 74.7. The standard InChI is InChI=1S/C38H49N7O8/c1-22(2)30(42-36(49)51-6)33(47)44-17-16-27(19-44)32(46)40-28-14-12-25(13-15-28)24-8-10-26(11-9-24)29-18-39-35(41-29)38(5)20-53-21-45(38)34(48)31(23(3)4)43-37(50)52-7/h8-15,18,22-23,27,30-31H,16-17,19-21H2,1-7H3,(H,39,41)(H,40,46)(H,42,49)(H,43,50)/t27?,30-,31-,38-/m0/s1. The van der Waals surface area contributed by atoms with Crippen LogP contribution in [0.1, 0.15) is 46.9 Å². The Kier molecular flexibility index (Phi) is 12.1. The van der Waals surface area contributed by atoms with Gasteiger partial charge in [0.25, 0.3) is 0 Å². The number of carbonyl (C=O) groups is 5. The maximum Gasteiger partial charge on any atom is 0.407 e. The Labute approximate surface area is 309 Å². The lowest BCUT2D eigenvalue weighted by Crippen LogP contribution is -2.55. The first-order chi connectivity index (χ1) is 25.2. The molecule has 4 atom stereocenters. The van der Waals surface area contributed by atoms with Crippen molar-refractivity contribution in [3.05, 3.63) is 60.6 Å². The van der Waals surface area contributed by atoms with E-state index in [9.17, 15) is 24.0 Å². The fraction of sp³-hybridized carbons (Fsp3) is 0.474. The van der Waals surface area contributed by atoms with E-state index < -0.39 is 29.8 Å². The lowest BCUT2D eigenvalue weighted by Gasteiger charge is -2.35. The van der Waals surface area contributed by atoms with Gasteiger partial charge in [0.2, 0.25) is 17.7 Å². The van der Waals surface area contributed by atoms with Crippen molar-refractivity contribution in [1.82, 2.24) is 30.4 Å². The minimum atomic E-state index is -0.883. The van der Waals surface area contributed by atoms with E-state index in [0.717, 1.165) is 22.4 Å². The van der Waals surface area contributed by atoms with Crippen molar-refractivity contribution in [2.45, 2.75) is 58.7 Å². The molecule has 3 aromatic rings. The fourth-order valence-corrected chi connectivity index (χ4v) is 6.57. The van der Waals surface area contributed by atoms with E-state index in [4.69, 9.17) is 9.47 Å². The molecule has 0 bridgehead atoms. The molecule has 2 aromatic carbocycles. The van der Waals surface area contributed by atoms with E-state index in [-0.39, 0.29) is 55.4 Å². The van der Waals surface area contributed by atoms with Crippen LogP contribution in [-0.2, 0) is 34.1 Å². The molecule has 0 spiro atoms. The molecular weight excluding hydrogens is 682 g/mol. The lowest BCUT2D eigenvalue weighted by molar-refractivity contribution is -0.139. The number of hydrogen-bond donors (Lipinski definition) is 4. The van der Waals surface area contributed by atoms with Crippen LogP contribution in [0.3, 0.4) is 0 Å². The minimum Gasteiger partial charge on any atom is -0.453 e. The molecule has 15 nitrogen and oxygen atoms in total. The zero-order chi connectivity index (χ0) is 38.4. The number of methoxy groups -OCH3 is 2. The number of H-pyrrole nitrogens is 1. The van der Waals surface area contributed by atoms with Gasteiger partial charge in [0.15, 0.2) is 0 Å². The highest BCUT2D eigenvalue weighted by molar-refractivity contribution is 5.94. The summed E-state index contributed by atoms with van der Waals surface area (Å²) in [6.45, 7) is 10.3. The molecule has 15 heteroatoms. The van der Waals surface area contributed by atoms with Gasteiger partial charge in [-0.25, -0.2) is 14.6 Å². The molecule has 2 saturated heterocycles. The molecule has 2 aliphatic rings. The van der Waals surface area contributed by atoms with E-state index in [2.05, 4.69) is 30.7 Å². The molecule has 5 rings (SSSR count). The summed E-state index contributed by atoms with van der Waals surface area (Å²) < 4.78 is 15.1. The van der Waals surface area contributed by atoms with Crippen LogP contribution >= 0.6 is 0 Å². The third kappa shape index (κ3) is 8.62. The first-order valence-electron chi connectivity index (χ1n) is 17.7. The third-order valence-corrected chi connectivity index (χ3v) is 9.89. The second kappa shape index (κ2) is 16.5. The number of carbonyl (C=O) groups excluding carboxylic acids is 5. The predicted octanol–water partition coefficient (Wildman–Crippen LogP) is 4.32. The number of alkyl carbamates (subject to hydrolysis) is 2. The average Bonchev–Trinajstić information content (AvgIpc) is 3.93. The molecule has 0 aliphatic carbocycles. The van der Waals surface area contributed by atoms with Gasteiger partial charge in [-0.1, -0.05) is 64.1 Å². The van der Waals surface area contributed by atoms with Gasteiger partial charge in [0.1, 0.15) is 30.2 Å². The maximum atomic E-state index is 13.6. The topological polar surface area (TPSA) is 184 Å². The highest BCUT2D eigenvalue weighted by Gasteiger charge is 2.47. The van der Waals surface area contributed by atoms with Crippen molar-refractivity contribution in [1.29, 1.82) is 0 Å². The highest BCUT2D eigenvalue weighted by atomic mass is 16.5. The zero-order valence-electron chi connectivity index (χ0n) is 31.2. The molecule has 0 radical (unpaired) electrons. The van der Waals surface area contributed by atoms with Gasteiger partial charge in [-0.3, -0.25) is 14.4 Å². The number of hydrogen-bond acceptors (Lipinski definition) is 9. The molecule has 53 heavy (non-hydrogen) atoms. The van der Waals surface area contributed by atoms with E-state index >= 15 is 0 Å². The van der Waals surface area contributed by atoms with E-state index in [1.54, 1.807) is 16.0 Å². The number of aromatic amines is 1. The summed E-state index contributed by atoms with van der Waals surface area (Å²) in [5, 5.41) is 8.21. The van der Waals surface area contributed by atoms with Crippen molar-refractivity contribution >= 4 is 35.6 Å². The van der Waals surface area contributed by atoms with Gasteiger partial charge in [-0.15, -0.1) is 0 Å². The summed E-state index contributed by atoms with van der Waals surface area (Å²) in [5.74, 6) is -0.816. The van der Waals surface area contributed by atoms with E-state index in [1.165, 1.54) is 14.2 Å². The summed E-state index contributed by atoms with van der Waals surface area (Å²) in [6.07, 6.45) is 0.903. The molecule has 2 aliphatic heterocycles. The summed E-state index contributed by atoms with van der Waals surface area (Å²) in [7, 11) is 2.51. The quantitative estimate of drug-likeness (QED) is 0.223. The lowest BCUT2D eigenvalue weighted by atomic mass is 9.97. The number of amides is 5. The second-order valence-corrected chi connectivity index (χ2v) is 14.3. The normalized spacial score (nSPS) is 19.5. The molecule has 1 aromatic heterocycles. The van der Waals surface area contributed by atoms with Crippen molar-refractivity contribution in [3.8, 4) is 22.4 Å². The average molecular weight is 732 g/mol. The van der Waals surface area contributed by atoms with Gasteiger partial charge in [0.05, 0.1) is 38.6 Å². The number of rotatable bonds is 11. The number of anilines is 1. The van der Waals surface area contributed by atoms with Crippen molar-refractivity contribution < 1.29 is 38.2 Å². The summed E-state index contributed by atoms with van der Waals surface area (Å²) in [5.41, 5.74) is 3.36. The first-order valence-corrected chi connectivity index (χ1v) is 17.7. The number of benzene rings is 2. The molecule has 3 heterocycles. The van der Waals surface area contributed by atoms with Crippen LogP contribution in [0.15, 0.2) is 54.7 Å². The second-order valence-electron chi connectivity index (χ2n) is 14.3. The molecular formula is C38H49N7O8. The van der Waals surface area contributed by atoms with Crippen molar-refractivity contribution in [2.75, 3.05) is 46.0 Å². The van der Waals surface area contributed by atoms with Gasteiger partial charge in [-0.05, 0) is 54.0 Å². The highest BCUT2D eigenvalue weighted by Crippen LogP contribution is 2.34. The molecule has 2 fully saturated rings. The SMILES string of the molecule is COC(=O)N[C@H](C(=O)N1CCC(C(=O)Nc2ccc(-c3ccc(-c4cnc([C@]5(C)COCN5C(=O)[C@@H](NC(=O)OC)C(C)C)[nH]4)cc3)cc2)C1)C(C)C. The van der Waals surface area contributed by atoms with Crippen LogP contribution in [0, 0.1) is 17.8 Å². The van der Waals surface area contributed by atoms with Crippen LogP contribution in [-0.4, -0.2) is 102 Å².